The molecule has 1 aliphatic rings. The second-order valence-electron chi connectivity index (χ2n) is 7.99. The first kappa shape index (κ1) is 20.9. The summed E-state index contributed by atoms with van der Waals surface area (Å²) in [5.41, 5.74) is 0.458. The van der Waals surface area contributed by atoms with E-state index < -0.39 is 5.92 Å². The number of carbonyl (C=O) groups excluding carboxylic acids is 3. The van der Waals surface area contributed by atoms with Crippen LogP contribution in [-0.4, -0.2) is 54.5 Å². The average molecular weight is 375 g/mol. The van der Waals surface area contributed by atoms with Crippen LogP contribution in [0, 0.1) is 5.92 Å². The molecule has 0 aromatic heterocycles. The summed E-state index contributed by atoms with van der Waals surface area (Å²) in [4.78, 5) is 39.1. The summed E-state index contributed by atoms with van der Waals surface area (Å²) in [6, 6.07) is 6.79. The lowest BCUT2D eigenvalue weighted by Crippen LogP contribution is -2.41. The zero-order valence-corrected chi connectivity index (χ0v) is 16.7. The van der Waals surface area contributed by atoms with Crippen LogP contribution in [0.5, 0.6) is 0 Å². The molecule has 0 radical (unpaired) electrons. The van der Waals surface area contributed by atoms with Crippen molar-refractivity contribution in [2.45, 2.75) is 45.7 Å². The van der Waals surface area contributed by atoms with Gasteiger partial charge in [-0.15, -0.1) is 0 Å². The number of anilines is 1. The maximum Gasteiger partial charge on any atom is 0.253 e. The van der Waals surface area contributed by atoms with Gasteiger partial charge in [0.25, 0.3) is 5.91 Å². The molecular weight excluding hydrogens is 346 g/mol. The molecule has 0 spiro atoms. The molecule has 7 heteroatoms. The van der Waals surface area contributed by atoms with E-state index in [1.165, 1.54) is 0 Å². The zero-order valence-electron chi connectivity index (χ0n) is 16.7. The smallest absolute Gasteiger partial charge is 0.253 e. The van der Waals surface area contributed by atoms with E-state index in [1.54, 1.807) is 36.3 Å². The van der Waals surface area contributed by atoms with Crippen LogP contribution in [-0.2, 0) is 14.3 Å². The molecule has 0 unspecified atom stereocenters. The summed E-state index contributed by atoms with van der Waals surface area (Å²) < 4.78 is 5.10. The fraction of sp³-hybridized carbons (Fsp3) is 0.550. The van der Waals surface area contributed by atoms with Crippen LogP contribution < -0.4 is 10.6 Å². The number of amides is 3. The summed E-state index contributed by atoms with van der Waals surface area (Å²) in [5.74, 6) is -1.02. The molecule has 1 aromatic rings. The van der Waals surface area contributed by atoms with Gasteiger partial charge in [0.15, 0.2) is 0 Å². The van der Waals surface area contributed by atoms with Gasteiger partial charge in [-0.05, 0) is 39.8 Å². The van der Waals surface area contributed by atoms with Gasteiger partial charge < -0.3 is 20.3 Å². The number of nitrogens with one attached hydrogen (secondary N) is 2. The maximum absolute atomic E-state index is 12.7. The van der Waals surface area contributed by atoms with Crippen LogP contribution in [0.25, 0.3) is 0 Å². The molecule has 3 amide bonds. The Labute approximate surface area is 160 Å². The van der Waals surface area contributed by atoms with E-state index in [0.717, 1.165) is 0 Å². The third kappa shape index (κ3) is 5.53. The summed E-state index contributed by atoms with van der Waals surface area (Å²) in [6.45, 7) is 8.36. The first-order valence-electron chi connectivity index (χ1n) is 9.13. The van der Waals surface area contributed by atoms with Crippen LogP contribution in [0.4, 0.5) is 5.69 Å². The van der Waals surface area contributed by atoms with Crippen LogP contribution in [0.1, 0.15) is 44.5 Å². The highest BCUT2D eigenvalue weighted by molar-refractivity contribution is 6.05. The number of rotatable bonds is 6. The predicted molar refractivity (Wildman–Crippen MR) is 103 cm³/mol. The minimum atomic E-state index is -0.449. The topological polar surface area (TPSA) is 87.7 Å². The number of benzene rings is 1. The van der Waals surface area contributed by atoms with Crippen molar-refractivity contribution in [1.82, 2.24) is 10.2 Å². The fourth-order valence-corrected chi connectivity index (χ4v) is 3.10. The quantitative estimate of drug-likeness (QED) is 0.796. The number of ether oxygens (including phenoxy) is 1. The van der Waals surface area contributed by atoms with Crippen molar-refractivity contribution in [3.63, 3.8) is 0 Å². The predicted octanol–water partition coefficient (Wildman–Crippen LogP) is 2.04. The highest BCUT2D eigenvalue weighted by Crippen LogP contribution is 2.23. The molecule has 2 rings (SSSR count). The number of carbonyl (C=O) groups is 3. The monoisotopic (exact) mass is 375 g/mol. The Hall–Kier alpha value is -2.41. The van der Waals surface area contributed by atoms with Crippen molar-refractivity contribution in [3.05, 3.63) is 29.8 Å². The average Bonchev–Trinajstić information content (AvgIpc) is 2.96. The van der Waals surface area contributed by atoms with Crippen molar-refractivity contribution in [2.24, 2.45) is 5.92 Å². The summed E-state index contributed by atoms with van der Waals surface area (Å²) in [7, 11) is 1.58. The Morgan fingerprint density at radius 1 is 1.30 bits per heavy atom. The Morgan fingerprint density at radius 2 is 1.96 bits per heavy atom. The normalized spacial score (nSPS) is 18.3. The second kappa shape index (κ2) is 8.52. The number of hydrogen-bond donors (Lipinski definition) is 2. The van der Waals surface area contributed by atoms with E-state index in [4.69, 9.17) is 4.74 Å². The molecule has 2 N–H and O–H groups in total. The molecule has 0 bridgehead atoms. The molecular formula is C20H29N3O4. The van der Waals surface area contributed by atoms with Crippen molar-refractivity contribution >= 4 is 23.4 Å². The largest absolute Gasteiger partial charge is 0.383 e. The molecule has 1 saturated heterocycles. The lowest BCUT2D eigenvalue weighted by atomic mass is 10.1. The second-order valence-corrected chi connectivity index (χ2v) is 7.99. The molecule has 27 heavy (non-hydrogen) atoms. The number of likely N-dealkylation sites (tertiary alicyclic amines) is 1. The van der Waals surface area contributed by atoms with Crippen LogP contribution in [0.15, 0.2) is 24.3 Å². The van der Waals surface area contributed by atoms with E-state index in [0.29, 0.717) is 24.4 Å². The minimum Gasteiger partial charge on any atom is -0.383 e. The molecule has 7 nitrogen and oxygen atoms in total. The van der Waals surface area contributed by atoms with Gasteiger partial charge in [-0.25, -0.2) is 0 Å². The third-order valence-corrected chi connectivity index (χ3v) is 4.39. The molecule has 0 aliphatic carbocycles. The zero-order chi connectivity index (χ0) is 20.2. The van der Waals surface area contributed by atoms with Gasteiger partial charge in [-0.2, -0.15) is 0 Å². The molecule has 1 aromatic carbocycles. The first-order valence-corrected chi connectivity index (χ1v) is 9.13. The summed E-state index contributed by atoms with van der Waals surface area (Å²) >= 11 is 0. The van der Waals surface area contributed by atoms with E-state index in [2.05, 4.69) is 10.6 Å². The van der Waals surface area contributed by atoms with Crippen molar-refractivity contribution in [3.8, 4) is 0 Å². The number of nitrogens with zero attached hydrogens (tertiary/aromatic N) is 1. The van der Waals surface area contributed by atoms with Gasteiger partial charge in [0.05, 0.1) is 29.8 Å². The lowest BCUT2D eigenvalue weighted by Gasteiger charge is -2.24. The minimum absolute atomic E-state index is 0.0570. The van der Waals surface area contributed by atoms with Gasteiger partial charge in [0, 0.05) is 25.6 Å². The lowest BCUT2D eigenvalue weighted by molar-refractivity contribution is -0.130. The maximum atomic E-state index is 12.7. The Morgan fingerprint density at radius 3 is 2.59 bits per heavy atom. The molecule has 148 valence electrons. The fourth-order valence-electron chi connectivity index (χ4n) is 3.10. The van der Waals surface area contributed by atoms with Crippen LogP contribution in [0.2, 0.25) is 0 Å². The van der Waals surface area contributed by atoms with E-state index in [1.807, 2.05) is 27.7 Å². The Kier molecular flexibility index (Phi) is 6.59. The van der Waals surface area contributed by atoms with E-state index >= 15 is 0 Å². The molecule has 1 aliphatic heterocycles. The SMILES string of the molecule is COC[C@@H](C)N1C[C@H](C(=O)Nc2ccccc2C(=O)NC(C)(C)C)CC1=O. The van der Waals surface area contributed by atoms with Gasteiger partial charge in [-0.3, -0.25) is 14.4 Å². The highest BCUT2D eigenvalue weighted by Gasteiger charge is 2.36. The van der Waals surface area contributed by atoms with Crippen molar-refractivity contribution < 1.29 is 19.1 Å². The third-order valence-electron chi connectivity index (χ3n) is 4.39. The summed E-state index contributed by atoms with van der Waals surface area (Å²) in [6.07, 6.45) is 0.163. The molecule has 1 heterocycles. The molecule has 1 fully saturated rings. The Balaban J connectivity index is 2.09. The van der Waals surface area contributed by atoms with Gasteiger partial charge in [0.2, 0.25) is 11.8 Å². The molecule has 0 saturated carbocycles. The van der Waals surface area contributed by atoms with Crippen LogP contribution >= 0.6 is 0 Å². The van der Waals surface area contributed by atoms with Crippen molar-refractivity contribution in [2.75, 3.05) is 25.6 Å². The van der Waals surface area contributed by atoms with Crippen LogP contribution in [0.3, 0.4) is 0 Å². The van der Waals surface area contributed by atoms with E-state index in [-0.39, 0.29) is 35.7 Å². The number of para-hydroxylation sites is 1. The standard InChI is InChI=1S/C20H29N3O4/c1-13(12-27-5)23-11-14(10-17(23)24)18(25)21-16-9-7-6-8-15(16)19(26)22-20(2,3)4/h6-9,13-14H,10-12H2,1-5H3,(H,21,25)(H,22,26)/t13-,14-/m1/s1. The van der Waals surface area contributed by atoms with Crippen molar-refractivity contribution in [1.29, 1.82) is 0 Å². The van der Waals surface area contributed by atoms with Gasteiger partial charge in [0.1, 0.15) is 0 Å². The number of hydrogen-bond acceptors (Lipinski definition) is 4. The highest BCUT2D eigenvalue weighted by atomic mass is 16.5. The van der Waals surface area contributed by atoms with E-state index in [9.17, 15) is 14.4 Å². The Bertz CT molecular complexity index is 711. The van der Waals surface area contributed by atoms with Gasteiger partial charge in [-0.1, -0.05) is 12.1 Å². The number of methoxy groups -OCH3 is 1. The first-order chi connectivity index (χ1) is 12.6. The summed E-state index contributed by atoms with van der Waals surface area (Å²) in [5, 5.41) is 5.72. The van der Waals surface area contributed by atoms with Gasteiger partial charge >= 0.3 is 0 Å². The molecule has 2 atom stereocenters.